The molecule has 124 valence electrons. The first-order chi connectivity index (χ1) is 11.2. The Balaban J connectivity index is 1.91. The molecule has 0 aliphatic carbocycles. The van der Waals surface area contributed by atoms with Gasteiger partial charge in [0.25, 0.3) is 0 Å². The minimum absolute atomic E-state index is 0.0313. The molecule has 1 aliphatic heterocycles. The molecule has 1 unspecified atom stereocenters. The SMILES string of the molecule is CCn1c(=O)n(CC(=O)N2CCCC2CNC)c2ccccc21. The maximum absolute atomic E-state index is 12.7. The summed E-state index contributed by atoms with van der Waals surface area (Å²) in [5, 5.41) is 3.15. The normalized spacial score (nSPS) is 18.0. The third-order valence-corrected chi connectivity index (χ3v) is 4.67. The first-order valence-electron chi connectivity index (χ1n) is 8.29. The summed E-state index contributed by atoms with van der Waals surface area (Å²) in [6.45, 7) is 4.26. The van der Waals surface area contributed by atoms with Gasteiger partial charge in [0, 0.05) is 25.7 Å². The van der Waals surface area contributed by atoms with Crippen LogP contribution >= 0.6 is 0 Å². The van der Waals surface area contributed by atoms with Gasteiger partial charge in [-0.1, -0.05) is 12.1 Å². The number of rotatable bonds is 5. The predicted octanol–water partition coefficient (Wildman–Crippen LogP) is 1.03. The average Bonchev–Trinajstić information content (AvgIpc) is 3.11. The molecule has 3 rings (SSSR count). The van der Waals surface area contributed by atoms with E-state index < -0.39 is 0 Å². The number of carbonyl (C=O) groups is 1. The summed E-state index contributed by atoms with van der Waals surface area (Å²) in [4.78, 5) is 27.3. The number of carbonyl (C=O) groups excluding carboxylic acids is 1. The monoisotopic (exact) mass is 316 g/mol. The van der Waals surface area contributed by atoms with Crippen LogP contribution in [0.15, 0.2) is 29.1 Å². The van der Waals surface area contributed by atoms with E-state index >= 15 is 0 Å². The third kappa shape index (κ3) is 2.79. The third-order valence-electron chi connectivity index (χ3n) is 4.67. The van der Waals surface area contributed by atoms with Crippen molar-refractivity contribution in [2.24, 2.45) is 0 Å². The fourth-order valence-electron chi connectivity index (χ4n) is 3.57. The van der Waals surface area contributed by atoms with E-state index in [2.05, 4.69) is 5.32 Å². The smallest absolute Gasteiger partial charge is 0.329 e. The second-order valence-corrected chi connectivity index (χ2v) is 6.04. The van der Waals surface area contributed by atoms with Crippen LogP contribution in [0.25, 0.3) is 11.0 Å². The molecule has 6 nitrogen and oxygen atoms in total. The number of aromatic nitrogens is 2. The number of amides is 1. The number of aryl methyl sites for hydroxylation is 1. The van der Waals surface area contributed by atoms with Crippen molar-refractivity contribution in [2.45, 2.75) is 38.9 Å². The molecule has 0 saturated carbocycles. The van der Waals surface area contributed by atoms with E-state index in [1.54, 1.807) is 9.13 Å². The molecule has 0 spiro atoms. The first-order valence-corrected chi connectivity index (χ1v) is 8.29. The molecule has 2 aromatic rings. The van der Waals surface area contributed by atoms with Crippen LogP contribution in [0.2, 0.25) is 0 Å². The van der Waals surface area contributed by atoms with Crippen molar-refractivity contribution in [1.82, 2.24) is 19.4 Å². The van der Waals surface area contributed by atoms with Crippen molar-refractivity contribution in [3.8, 4) is 0 Å². The summed E-state index contributed by atoms with van der Waals surface area (Å²) in [5.41, 5.74) is 1.62. The van der Waals surface area contributed by atoms with Crippen LogP contribution in [0.1, 0.15) is 19.8 Å². The van der Waals surface area contributed by atoms with Gasteiger partial charge in [-0.15, -0.1) is 0 Å². The molecule has 1 aliphatic rings. The van der Waals surface area contributed by atoms with Crippen LogP contribution in [-0.4, -0.2) is 46.1 Å². The van der Waals surface area contributed by atoms with Crippen LogP contribution in [0.4, 0.5) is 0 Å². The summed E-state index contributed by atoms with van der Waals surface area (Å²) in [6.07, 6.45) is 2.06. The minimum atomic E-state index is -0.105. The van der Waals surface area contributed by atoms with Crippen molar-refractivity contribution >= 4 is 16.9 Å². The Morgan fingerprint density at radius 3 is 2.61 bits per heavy atom. The van der Waals surface area contributed by atoms with Gasteiger partial charge in [0.1, 0.15) is 6.54 Å². The van der Waals surface area contributed by atoms with E-state index in [0.717, 1.165) is 37.0 Å². The van der Waals surface area contributed by atoms with Gasteiger partial charge in [-0.25, -0.2) is 4.79 Å². The van der Waals surface area contributed by atoms with Crippen LogP contribution in [0.3, 0.4) is 0 Å². The lowest BCUT2D eigenvalue weighted by Crippen LogP contribution is -2.43. The molecular weight excluding hydrogens is 292 g/mol. The molecule has 1 fully saturated rings. The largest absolute Gasteiger partial charge is 0.337 e. The van der Waals surface area contributed by atoms with Crippen LogP contribution < -0.4 is 11.0 Å². The lowest BCUT2D eigenvalue weighted by atomic mass is 10.2. The lowest BCUT2D eigenvalue weighted by molar-refractivity contribution is -0.132. The highest BCUT2D eigenvalue weighted by Crippen LogP contribution is 2.18. The van der Waals surface area contributed by atoms with Crippen LogP contribution in [0, 0.1) is 0 Å². The molecule has 0 bridgehead atoms. The zero-order valence-corrected chi connectivity index (χ0v) is 13.8. The van der Waals surface area contributed by atoms with E-state index in [1.165, 1.54) is 0 Å². The van der Waals surface area contributed by atoms with E-state index in [0.29, 0.717) is 6.54 Å². The average molecular weight is 316 g/mol. The highest BCUT2D eigenvalue weighted by Gasteiger charge is 2.28. The zero-order chi connectivity index (χ0) is 16.4. The van der Waals surface area contributed by atoms with Crippen molar-refractivity contribution in [2.75, 3.05) is 20.1 Å². The number of fused-ring (bicyclic) bond motifs is 1. The van der Waals surface area contributed by atoms with Crippen molar-refractivity contribution in [3.63, 3.8) is 0 Å². The Morgan fingerprint density at radius 1 is 1.26 bits per heavy atom. The number of hydrogen-bond acceptors (Lipinski definition) is 3. The first kappa shape index (κ1) is 15.8. The number of imidazole rings is 1. The Morgan fingerprint density at radius 2 is 1.96 bits per heavy atom. The minimum Gasteiger partial charge on any atom is -0.337 e. The fraction of sp³-hybridized carbons (Fsp3) is 0.529. The van der Waals surface area contributed by atoms with E-state index in [-0.39, 0.29) is 24.2 Å². The summed E-state index contributed by atoms with van der Waals surface area (Å²) in [5.74, 6) is 0.0313. The Hall–Kier alpha value is -2.08. The van der Waals surface area contributed by atoms with Gasteiger partial charge in [0.2, 0.25) is 5.91 Å². The number of nitrogens with one attached hydrogen (secondary N) is 1. The number of likely N-dealkylation sites (N-methyl/N-ethyl adjacent to an activating group) is 1. The number of hydrogen-bond donors (Lipinski definition) is 1. The molecule has 1 aromatic carbocycles. The molecule has 23 heavy (non-hydrogen) atoms. The fourth-order valence-corrected chi connectivity index (χ4v) is 3.57. The molecule has 1 N–H and O–H groups in total. The van der Waals surface area contributed by atoms with Gasteiger partial charge in [0.05, 0.1) is 11.0 Å². The number of nitrogens with zero attached hydrogens (tertiary/aromatic N) is 3. The Kier molecular flexibility index (Phi) is 4.52. The second kappa shape index (κ2) is 6.58. The zero-order valence-electron chi connectivity index (χ0n) is 13.8. The predicted molar refractivity (Wildman–Crippen MR) is 90.5 cm³/mol. The van der Waals surface area contributed by atoms with Crippen molar-refractivity contribution in [1.29, 1.82) is 0 Å². The van der Waals surface area contributed by atoms with Gasteiger partial charge >= 0.3 is 5.69 Å². The molecule has 6 heteroatoms. The van der Waals surface area contributed by atoms with Crippen molar-refractivity contribution < 1.29 is 4.79 Å². The Labute approximate surface area is 135 Å². The molecule has 0 radical (unpaired) electrons. The van der Waals surface area contributed by atoms with E-state index in [1.807, 2.05) is 43.1 Å². The maximum Gasteiger partial charge on any atom is 0.329 e. The topological polar surface area (TPSA) is 59.3 Å². The summed E-state index contributed by atoms with van der Waals surface area (Å²) >= 11 is 0. The summed E-state index contributed by atoms with van der Waals surface area (Å²) in [7, 11) is 1.90. The standard InChI is InChI=1S/C17H24N4O2/c1-3-19-14-8-4-5-9-15(14)21(17(19)23)12-16(22)20-10-6-7-13(20)11-18-2/h4-5,8-9,13,18H,3,6-7,10-12H2,1-2H3. The molecule has 1 saturated heterocycles. The lowest BCUT2D eigenvalue weighted by Gasteiger charge is -2.24. The van der Waals surface area contributed by atoms with Gasteiger partial charge < -0.3 is 10.2 Å². The van der Waals surface area contributed by atoms with Gasteiger partial charge in [-0.05, 0) is 38.9 Å². The molecule has 1 atom stereocenters. The van der Waals surface area contributed by atoms with Crippen molar-refractivity contribution in [3.05, 3.63) is 34.7 Å². The molecule has 2 heterocycles. The van der Waals surface area contributed by atoms with E-state index in [4.69, 9.17) is 0 Å². The second-order valence-electron chi connectivity index (χ2n) is 6.04. The summed E-state index contributed by atoms with van der Waals surface area (Å²) in [6, 6.07) is 7.90. The molecule has 1 aromatic heterocycles. The number of benzene rings is 1. The highest BCUT2D eigenvalue weighted by molar-refractivity contribution is 5.81. The van der Waals surface area contributed by atoms with Crippen LogP contribution in [-0.2, 0) is 17.9 Å². The number of likely N-dealkylation sites (tertiary alicyclic amines) is 1. The highest BCUT2D eigenvalue weighted by atomic mass is 16.2. The van der Waals surface area contributed by atoms with Crippen LogP contribution in [0.5, 0.6) is 0 Å². The quantitative estimate of drug-likeness (QED) is 0.896. The summed E-state index contributed by atoms with van der Waals surface area (Å²) < 4.78 is 3.33. The van der Waals surface area contributed by atoms with Gasteiger partial charge in [-0.2, -0.15) is 0 Å². The maximum atomic E-state index is 12.7. The van der Waals surface area contributed by atoms with Gasteiger partial charge in [-0.3, -0.25) is 13.9 Å². The molecule has 1 amide bonds. The number of para-hydroxylation sites is 2. The van der Waals surface area contributed by atoms with E-state index in [9.17, 15) is 9.59 Å². The Bertz CT molecular complexity index is 762. The molecular formula is C17H24N4O2. The van der Waals surface area contributed by atoms with Gasteiger partial charge in [0.15, 0.2) is 0 Å².